The van der Waals surface area contributed by atoms with Crippen molar-refractivity contribution in [1.29, 1.82) is 0 Å². The third-order valence-electron chi connectivity index (χ3n) is 6.09. The first-order valence-corrected chi connectivity index (χ1v) is 11.4. The van der Waals surface area contributed by atoms with E-state index >= 15 is 0 Å². The van der Waals surface area contributed by atoms with Crippen molar-refractivity contribution in [3.8, 4) is 11.5 Å². The number of benzene rings is 2. The Morgan fingerprint density at radius 2 is 1.66 bits per heavy atom. The standard InChI is InChI=1S/C25H30ClN3O3/c1-16(2)13-23-27-20-15-22(32-4)21(31-3)14-19(20)24(28-23)29-11-9-25(30,10-12-29)17-5-7-18(26)8-6-17/h5-8,14-16,30H,9-13H2,1-4H3. The number of methoxy groups -OCH3 is 2. The van der Waals surface area contributed by atoms with E-state index in [2.05, 4.69) is 18.7 Å². The number of ether oxygens (including phenoxy) is 2. The Labute approximate surface area is 194 Å². The molecule has 1 aliphatic heterocycles. The van der Waals surface area contributed by atoms with Crippen molar-refractivity contribution in [2.45, 2.75) is 38.7 Å². The molecule has 0 spiro atoms. The van der Waals surface area contributed by atoms with Crippen molar-refractivity contribution in [3.05, 3.63) is 52.8 Å². The molecule has 7 heteroatoms. The highest BCUT2D eigenvalue weighted by Crippen LogP contribution is 2.39. The number of rotatable bonds is 6. The van der Waals surface area contributed by atoms with Crippen LogP contribution >= 0.6 is 11.6 Å². The fourth-order valence-corrected chi connectivity index (χ4v) is 4.45. The molecule has 32 heavy (non-hydrogen) atoms. The molecule has 1 fully saturated rings. The Morgan fingerprint density at radius 1 is 1.03 bits per heavy atom. The molecule has 0 bridgehead atoms. The van der Waals surface area contributed by atoms with Gasteiger partial charge in [-0.2, -0.15) is 0 Å². The Kier molecular flexibility index (Phi) is 6.45. The zero-order chi connectivity index (χ0) is 22.9. The van der Waals surface area contributed by atoms with Gasteiger partial charge in [-0.05, 0) is 42.5 Å². The van der Waals surface area contributed by atoms with Gasteiger partial charge in [-0.1, -0.05) is 37.6 Å². The molecule has 0 atom stereocenters. The smallest absolute Gasteiger partial charge is 0.162 e. The van der Waals surface area contributed by atoms with Gasteiger partial charge in [0.25, 0.3) is 0 Å². The molecule has 3 aromatic rings. The van der Waals surface area contributed by atoms with Crippen LogP contribution in [0.3, 0.4) is 0 Å². The van der Waals surface area contributed by atoms with Gasteiger partial charge in [0.2, 0.25) is 0 Å². The lowest BCUT2D eigenvalue weighted by atomic mass is 9.84. The average molecular weight is 456 g/mol. The summed E-state index contributed by atoms with van der Waals surface area (Å²) in [5.41, 5.74) is 0.869. The largest absolute Gasteiger partial charge is 0.493 e. The monoisotopic (exact) mass is 455 g/mol. The first kappa shape index (κ1) is 22.6. The van der Waals surface area contributed by atoms with Crippen LogP contribution in [0.2, 0.25) is 5.02 Å². The number of piperidine rings is 1. The molecule has 1 aliphatic rings. The Morgan fingerprint density at radius 3 is 2.25 bits per heavy atom. The number of halogens is 1. The van der Waals surface area contributed by atoms with E-state index in [4.69, 9.17) is 31.0 Å². The van der Waals surface area contributed by atoms with Crippen LogP contribution in [0.1, 0.15) is 38.1 Å². The summed E-state index contributed by atoms with van der Waals surface area (Å²) in [6.07, 6.45) is 2.00. The quantitative estimate of drug-likeness (QED) is 0.565. The maximum absolute atomic E-state index is 11.3. The van der Waals surface area contributed by atoms with E-state index in [1.165, 1.54) is 0 Å². The van der Waals surface area contributed by atoms with Crippen molar-refractivity contribution in [3.63, 3.8) is 0 Å². The molecular weight excluding hydrogens is 426 g/mol. The number of nitrogens with zero attached hydrogens (tertiary/aromatic N) is 3. The summed E-state index contributed by atoms with van der Waals surface area (Å²) in [4.78, 5) is 12.0. The van der Waals surface area contributed by atoms with Crippen LogP contribution in [0.25, 0.3) is 10.9 Å². The summed E-state index contributed by atoms with van der Waals surface area (Å²) in [6, 6.07) is 11.3. The van der Waals surface area contributed by atoms with E-state index in [1.807, 2.05) is 36.4 Å². The van der Waals surface area contributed by atoms with Gasteiger partial charge in [-0.15, -0.1) is 0 Å². The molecule has 170 valence electrons. The molecule has 1 saturated heterocycles. The molecule has 2 aromatic carbocycles. The van der Waals surface area contributed by atoms with E-state index in [1.54, 1.807) is 14.2 Å². The molecular formula is C25H30ClN3O3. The maximum Gasteiger partial charge on any atom is 0.162 e. The Hall–Kier alpha value is -2.57. The van der Waals surface area contributed by atoms with Gasteiger partial charge in [0.15, 0.2) is 11.5 Å². The highest BCUT2D eigenvalue weighted by molar-refractivity contribution is 6.30. The first-order chi connectivity index (χ1) is 15.3. The number of aromatic nitrogens is 2. The summed E-state index contributed by atoms with van der Waals surface area (Å²) >= 11 is 6.03. The normalized spacial score (nSPS) is 15.9. The number of fused-ring (bicyclic) bond motifs is 1. The second kappa shape index (κ2) is 9.12. The minimum Gasteiger partial charge on any atom is -0.493 e. The topological polar surface area (TPSA) is 67.7 Å². The van der Waals surface area contributed by atoms with Crippen LogP contribution in [0, 0.1) is 5.92 Å². The zero-order valence-corrected chi connectivity index (χ0v) is 19.8. The zero-order valence-electron chi connectivity index (χ0n) is 19.1. The SMILES string of the molecule is COc1cc2nc(CC(C)C)nc(N3CCC(O)(c4ccc(Cl)cc4)CC3)c2cc1OC. The van der Waals surface area contributed by atoms with E-state index < -0.39 is 5.60 Å². The second-order valence-corrected chi connectivity index (χ2v) is 9.25. The summed E-state index contributed by atoms with van der Waals surface area (Å²) in [6.45, 7) is 5.69. The fraction of sp³-hybridized carbons (Fsp3) is 0.440. The minimum atomic E-state index is -0.869. The van der Waals surface area contributed by atoms with E-state index in [0.717, 1.165) is 34.5 Å². The van der Waals surface area contributed by atoms with Gasteiger partial charge in [0.1, 0.15) is 11.6 Å². The van der Waals surface area contributed by atoms with Gasteiger partial charge >= 0.3 is 0 Å². The lowest BCUT2D eigenvalue weighted by Gasteiger charge is -2.39. The number of anilines is 1. The third-order valence-corrected chi connectivity index (χ3v) is 6.34. The predicted molar refractivity (Wildman–Crippen MR) is 128 cm³/mol. The molecule has 2 heterocycles. The van der Waals surface area contributed by atoms with Crippen LogP contribution in [0.15, 0.2) is 36.4 Å². The van der Waals surface area contributed by atoms with E-state index in [-0.39, 0.29) is 0 Å². The molecule has 0 amide bonds. The molecule has 6 nitrogen and oxygen atoms in total. The lowest BCUT2D eigenvalue weighted by molar-refractivity contribution is 0.0117. The van der Waals surface area contributed by atoms with Crippen LogP contribution in [-0.2, 0) is 12.0 Å². The number of hydrogen-bond acceptors (Lipinski definition) is 6. The van der Waals surface area contributed by atoms with Gasteiger partial charge in [-0.3, -0.25) is 0 Å². The first-order valence-electron chi connectivity index (χ1n) is 11.0. The molecule has 0 aliphatic carbocycles. The average Bonchev–Trinajstić information content (AvgIpc) is 2.78. The summed E-state index contributed by atoms with van der Waals surface area (Å²) in [5, 5.41) is 12.9. The third kappa shape index (κ3) is 4.48. The molecule has 0 unspecified atom stereocenters. The number of aliphatic hydroxyl groups is 1. The molecule has 4 rings (SSSR count). The van der Waals surface area contributed by atoms with E-state index in [0.29, 0.717) is 48.4 Å². The number of hydrogen-bond donors (Lipinski definition) is 1. The van der Waals surface area contributed by atoms with E-state index in [9.17, 15) is 5.11 Å². The maximum atomic E-state index is 11.3. The fourth-order valence-electron chi connectivity index (χ4n) is 4.32. The van der Waals surface area contributed by atoms with Crippen molar-refractivity contribution in [2.75, 3.05) is 32.2 Å². The minimum absolute atomic E-state index is 0.441. The predicted octanol–water partition coefficient (Wildman–Crippen LogP) is 4.99. The Balaban J connectivity index is 1.70. The van der Waals surface area contributed by atoms with Crippen molar-refractivity contribution < 1.29 is 14.6 Å². The van der Waals surface area contributed by atoms with Gasteiger partial charge < -0.3 is 19.5 Å². The highest BCUT2D eigenvalue weighted by atomic mass is 35.5. The summed E-state index contributed by atoms with van der Waals surface area (Å²) in [5.74, 6) is 3.43. The second-order valence-electron chi connectivity index (χ2n) is 8.81. The molecule has 0 radical (unpaired) electrons. The Bertz CT molecular complexity index is 1090. The summed E-state index contributed by atoms with van der Waals surface area (Å²) < 4.78 is 11.0. The van der Waals surface area contributed by atoms with Crippen LogP contribution in [-0.4, -0.2) is 42.4 Å². The molecule has 1 N–H and O–H groups in total. The van der Waals surface area contributed by atoms with Gasteiger partial charge in [0, 0.05) is 36.0 Å². The van der Waals surface area contributed by atoms with Crippen LogP contribution < -0.4 is 14.4 Å². The van der Waals surface area contributed by atoms with Crippen molar-refractivity contribution in [2.24, 2.45) is 5.92 Å². The van der Waals surface area contributed by atoms with Crippen molar-refractivity contribution >= 4 is 28.3 Å². The van der Waals surface area contributed by atoms with Gasteiger partial charge in [-0.25, -0.2) is 9.97 Å². The molecule has 0 saturated carbocycles. The summed E-state index contributed by atoms with van der Waals surface area (Å²) in [7, 11) is 3.26. The van der Waals surface area contributed by atoms with Gasteiger partial charge in [0.05, 0.1) is 25.3 Å². The van der Waals surface area contributed by atoms with Crippen molar-refractivity contribution in [1.82, 2.24) is 9.97 Å². The van der Waals surface area contributed by atoms with Crippen LogP contribution in [0.4, 0.5) is 5.82 Å². The molecule has 1 aromatic heterocycles. The van der Waals surface area contributed by atoms with Crippen LogP contribution in [0.5, 0.6) is 11.5 Å². The lowest BCUT2D eigenvalue weighted by Crippen LogP contribution is -2.43. The highest BCUT2D eigenvalue weighted by Gasteiger charge is 2.35.